The molecule has 0 saturated carbocycles. The summed E-state index contributed by atoms with van der Waals surface area (Å²) in [6.45, 7) is 9.42. The van der Waals surface area contributed by atoms with Gasteiger partial charge in [0.25, 0.3) is 0 Å². The zero-order chi connectivity index (χ0) is 35.6. The van der Waals surface area contributed by atoms with Gasteiger partial charge in [-0.15, -0.1) is 53.6 Å². The standard InChI is InChI=1S/C24H15FNS.C18H24NSi.Ir/c1-15-13-21(26-14-19(15)16-7-3-2-4-8-16)17-11-12-20(25)23-18-9-5-6-10-22(18)27-24(17)23;1-14(2)11-16-12-17(15-9-7-6-8-10-15)19-13-18(16)20(3,4)5;/h2-10,12-14H,1H3;6-9,12-14H,11H2,1-5H3;/q2*-1;/i1D3;;. The molecule has 3 heterocycles. The Morgan fingerprint density at radius 1 is 0.875 bits per heavy atom. The van der Waals surface area contributed by atoms with Crippen LogP contribution < -0.4 is 5.19 Å². The van der Waals surface area contributed by atoms with Crippen LogP contribution in [0.2, 0.25) is 19.6 Å². The molecule has 7 rings (SSSR count). The smallest absolute Gasteiger partial charge is 0.0798 e. The number of aromatic nitrogens is 2. The molecule has 48 heavy (non-hydrogen) atoms. The molecule has 7 aromatic rings. The van der Waals surface area contributed by atoms with E-state index in [1.54, 1.807) is 12.3 Å². The number of nitrogens with zero attached hydrogens (tertiary/aromatic N) is 2. The van der Waals surface area contributed by atoms with Gasteiger partial charge in [-0.3, -0.25) is 4.39 Å². The van der Waals surface area contributed by atoms with E-state index < -0.39 is 14.9 Å². The average molecular weight is 846 g/mol. The molecule has 245 valence electrons. The summed E-state index contributed by atoms with van der Waals surface area (Å²) in [6.07, 6.45) is 4.82. The monoisotopic (exact) mass is 846 g/mol. The quantitative estimate of drug-likeness (QED) is 0.123. The molecule has 6 heteroatoms. The van der Waals surface area contributed by atoms with Crippen LogP contribution in [0.5, 0.6) is 0 Å². The third-order valence-corrected chi connectivity index (χ3v) is 11.3. The maximum absolute atomic E-state index is 14.7. The Morgan fingerprint density at radius 3 is 2.31 bits per heavy atom. The Hall–Kier alpha value is -3.80. The van der Waals surface area contributed by atoms with Gasteiger partial charge in [0.1, 0.15) is 0 Å². The molecule has 3 aromatic heterocycles. The fourth-order valence-corrected chi connectivity index (χ4v) is 8.65. The second-order valence-corrected chi connectivity index (χ2v) is 19.2. The molecule has 0 spiro atoms. The summed E-state index contributed by atoms with van der Waals surface area (Å²) < 4.78 is 40.5. The van der Waals surface area contributed by atoms with Crippen LogP contribution in [-0.4, -0.2) is 18.0 Å². The van der Waals surface area contributed by atoms with E-state index >= 15 is 0 Å². The van der Waals surface area contributed by atoms with E-state index in [1.165, 1.54) is 28.2 Å². The van der Waals surface area contributed by atoms with Gasteiger partial charge < -0.3 is 9.97 Å². The Bertz CT molecular complexity index is 2270. The van der Waals surface area contributed by atoms with Gasteiger partial charge in [0.05, 0.1) is 8.07 Å². The molecule has 1 radical (unpaired) electrons. The number of hydrogen-bond donors (Lipinski definition) is 0. The van der Waals surface area contributed by atoms with Crippen LogP contribution in [-0.2, 0) is 26.5 Å². The van der Waals surface area contributed by atoms with Gasteiger partial charge in [0.2, 0.25) is 0 Å². The predicted octanol–water partition coefficient (Wildman–Crippen LogP) is 11.3. The Balaban J connectivity index is 0.000000211. The first-order valence-electron chi connectivity index (χ1n) is 17.4. The summed E-state index contributed by atoms with van der Waals surface area (Å²) in [7, 11) is -1.34. The third kappa shape index (κ3) is 7.74. The van der Waals surface area contributed by atoms with Crippen LogP contribution in [0, 0.1) is 30.7 Å². The summed E-state index contributed by atoms with van der Waals surface area (Å²) in [5, 5.41) is 2.85. The van der Waals surface area contributed by atoms with Gasteiger partial charge in [-0.2, -0.15) is 11.3 Å². The number of aryl methyl sites for hydroxylation is 1. The van der Waals surface area contributed by atoms with Crippen molar-refractivity contribution in [3.05, 3.63) is 139 Å². The molecule has 0 atom stereocenters. The van der Waals surface area contributed by atoms with Gasteiger partial charge in [-0.1, -0.05) is 99.7 Å². The Labute approximate surface area is 306 Å². The average Bonchev–Trinajstić information content (AvgIpc) is 3.49. The minimum atomic E-state index is -2.32. The Kier molecular flexibility index (Phi) is 9.95. The maximum Gasteiger partial charge on any atom is 0.0798 e. The molecule has 0 bridgehead atoms. The first-order valence-corrected chi connectivity index (χ1v) is 20.2. The van der Waals surface area contributed by atoms with Crippen molar-refractivity contribution < 1.29 is 28.6 Å². The number of pyridine rings is 2. The summed E-state index contributed by atoms with van der Waals surface area (Å²) in [4.78, 5) is 9.24. The van der Waals surface area contributed by atoms with Gasteiger partial charge in [-0.05, 0) is 68.4 Å². The van der Waals surface area contributed by atoms with E-state index in [0.29, 0.717) is 32.8 Å². The predicted molar refractivity (Wildman–Crippen MR) is 202 cm³/mol. The topological polar surface area (TPSA) is 25.8 Å². The van der Waals surface area contributed by atoms with Gasteiger partial charge in [-0.25, -0.2) is 0 Å². The molecule has 0 aliphatic carbocycles. The van der Waals surface area contributed by atoms with Crippen molar-refractivity contribution in [2.75, 3.05) is 0 Å². The number of benzene rings is 4. The van der Waals surface area contributed by atoms with Crippen LogP contribution in [0.25, 0.3) is 53.8 Å². The van der Waals surface area contributed by atoms with Crippen molar-refractivity contribution >= 4 is 44.8 Å². The second kappa shape index (κ2) is 15.2. The largest absolute Gasteiger partial charge is 0.305 e. The molecule has 0 N–H and O–H groups in total. The first kappa shape index (κ1) is 31.5. The minimum absolute atomic E-state index is 0. The number of hydrogen-bond acceptors (Lipinski definition) is 3. The van der Waals surface area contributed by atoms with E-state index in [0.717, 1.165) is 33.3 Å². The van der Waals surface area contributed by atoms with Crippen LogP contribution >= 0.6 is 11.3 Å². The van der Waals surface area contributed by atoms with E-state index in [1.807, 2.05) is 72.8 Å². The molecule has 2 nitrogen and oxygen atoms in total. The number of halogens is 1. The normalized spacial score (nSPS) is 12.5. The number of fused-ring (bicyclic) bond motifs is 3. The fourth-order valence-electron chi connectivity index (χ4n) is 5.84. The van der Waals surface area contributed by atoms with Gasteiger partial charge in [0.15, 0.2) is 0 Å². The van der Waals surface area contributed by atoms with Crippen molar-refractivity contribution in [3.63, 3.8) is 0 Å². The SMILES string of the molecule is CC(C)Cc1cc(-c2[c-]cccc2)ncc1[Si](C)(C)C.[2H]C([2H])([2H])c1cc(-c2[c-]cc(F)c3c2sc2ccccc23)ncc1-c1ccccc1.[Ir]. The first-order chi connectivity index (χ1) is 23.8. The fraction of sp³-hybridized carbons (Fsp3) is 0.190. The third-order valence-electron chi connectivity index (χ3n) is 8.06. The second-order valence-electron chi connectivity index (χ2n) is 13.1. The van der Waals surface area contributed by atoms with E-state index in [-0.39, 0.29) is 31.5 Å². The van der Waals surface area contributed by atoms with Crippen molar-refractivity contribution in [1.82, 2.24) is 9.97 Å². The number of rotatable bonds is 6. The van der Waals surface area contributed by atoms with Gasteiger partial charge in [0, 0.05) is 52.7 Å². The summed E-state index contributed by atoms with van der Waals surface area (Å²) >= 11 is 1.46. The number of thiophene rings is 1. The molecule has 0 fully saturated rings. The van der Waals surface area contributed by atoms with E-state index in [4.69, 9.17) is 4.11 Å². The zero-order valence-corrected chi connectivity index (χ0v) is 31.9. The molecule has 0 unspecified atom stereocenters. The van der Waals surface area contributed by atoms with Gasteiger partial charge >= 0.3 is 0 Å². The van der Waals surface area contributed by atoms with Crippen molar-refractivity contribution in [2.24, 2.45) is 5.92 Å². The molecule has 4 aromatic carbocycles. The molecule has 0 amide bonds. The maximum atomic E-state index is 14.7. The summed E-state index contributed by atoms with van der Waals surface area (Å²) in [5.41, 5.74) is 6.25. The van der Waals surface area contributed by atoms with Crippen LogP contribution in [0.3, 0.4) is 0 Å². The molecule has 0 saturated heterocycles. The van der Waals surface area contributed by atoms with Crippen LogP contribution in [0.4, 0.5) is 4.39 Å². The molecular formula is C42H39FIrN2SSi-2. The van der Waals surface area contributed by atoms with Crippen LogP contribution in [0.1, 0.15) is 29.1 Å². The molecule has 0 aliphatic heterocycles. The molecular weight excluding hydrogens is 804 g/mol. The summed E-state index contributed by atoms with van der Waals surface area (Å²) in [5.74, 6) is 0.322. The molecule has 0 aliphatic rings. The summed E-state index contributed by atoms with van der Waals surface area (Å²) in [6, 6.07) is 36.5. The van der Waals surface area contributed by atoms with Crippen LogP contribution in [0.15, 0.2) is 109 Å². The van der Waals surface area contributed by atoms with E-state index in [9.17, 15) is 4.39 Å². The zero-order valence-electron chi connectivity index (χ0n) is 30.7. The van der Waals surface area contributed by atoms with Crippen molar-refractivity contribution in [1.29, 1.82) is 0 Å². The Morgan fingerprint density at radius 2 is 1.60 bits per heavy atom. The van der Waals surface area contributed by atoms with E-state index in [2.05, 4.69) is 73.9 Å². The minimum Gasteiger partial charge on any atom is -0.305 e. The van der Waals surface area contributed by atoms with Crippen molar-refractivity contribution in [2.45, 2.75) is 46.8 Å². The van der Waals surface area contributed by atoms with Crippen molar-refractivity contribution in [3.8, 4) is 33.6 Å².